The van der Waals surface area contributed by atoms with Gasteiger partial charge in [-0.25, -0.2) is 9.59 Å². The second-order valence-corrected chi connectivity index (χ2v) is 9.70. The molecule has 2 aliphatic carbocycles. The third-order valence-electron chi connectivity index (χ3n) is 6.49. The lowest BCUT2D eigenvalue weighted by Gasteiger charge is -2.30. The molecule has 0 aromatic heterocycles. The molecule has 0 amide bonds. The van der Waals surface area contributed by atoms with Gasteiger partial charge < -0.3 is 26.0 Å². The lowest BCUT2D eigenvalue weighted by Crippen LogP contribution is -2.41. The van der Waals surface area contributed by atoms with Gasteiger partial charge in [0.2, 0.25) is 0 Å². The van der Waals surface area contributed by atoms with Gasteiger partial charge in [-0.2, -0.15) is 26.3 Å². The monoisotopic (exact) mass is 598 g/mol. The molecule has 0 heterocycles. The van der Waals surface area contributed by atoms with Crippen LogP contribution in [0.25, 0.3) is 6.08 Å². The highest BCUT2D eigenvalue weighted by molar-refractivity contribution is 5.73. The van der Waals surface area contributed by atoms with Gasteiger partial charge >= 0.3 is 30.3 Å². The topological polar surface area (TPSA) is 136 Å². The van der Waals surface area contributed by atoms with Crippen LogP contribution in [0.5, 0.6) is 0 Å². The first-order valence-electron chi connectivity index (χ1n) is 13.1. The molecule has 0 spiro atoms. The van der Waals surface area contributed by atoms with Crippen molar-refractivity contribution in [2.24, 2.45) is 5.92 Å². The molecule has 0 saturated heterocycles. The van der Waals surface area contributed by atoms with Gasteiger partial charge in [0.1, 0.15) is 0 Å². The molecule has 0 bridgehead atoms. The summed E-state index contributed by atoms with van der Waals surface area (Å²) in [5.74, 6) is -5.50. The molecular weight excluding hydrogens is 562 g/mol. The van der Waals surface area contributed by atoms with Gasteiger partial charge in [-0.3, -0.25) is 4.79 Å². The maximum atomic E-state index is 10.6. The summed E-state index contributed by atoms with van der Waals surface area (Å²) >= 11 is 0. The van der Waals surface area contributed by atoms with E-state index in [0.717, 1.165) is 19.4 Å². The molecule has 5 N–H and O–H groups in total. The summed E-state index contributed by atoms with van der Waals surface area (Å²) in [7, 11) is 0. The van der Waals surface area contributed by atoms with Gasteiger partial charge in [0.05, 0.1) is 0 Å². The van der Waals surface area contributed by atoms with Crippen molar-refractivity contribution in [3.63, 3.8) is 0 Å². The second-order valence-electron chi connectivity index (χ2n) is 9.70. The Morgan fingerprint density at radius 2 is 1.37 bits per heavy atom. The number of hydrogen-bond acceptors (Lipinski definition) is 5. The van der Waals surface area contributed by atoms with Crippen LogP contribution in [-0.4, -0.2) is 70.3 Å². The largest absolute Gasteiger partial charge is 0.490 e. The van der Waals surface area contributed by atoms with Crippen molar-refractivity contribution in [2.75, 3.05) is 6.54 Å². The van der Waals surface area contributed by atoms with Gasteiger partial charge in [-0.15, -0.1) is 0 Å². The number of aliphatic carboxylic acids is 3. The smallest absolute Gasteiger partial charge is 0.481 e. The molecule has 14 heteroatoms. The second kappa shape index (κ2) is 17.0. The molecule has 0 aliphatic heterocycles. The number of alkyl halides is 6. The van der Waals surface area contributed by atoms with Crippen molar-refractivity contribution in [1.29, 1.82) is 0 Å². The third kappa shape index (κ3) is 15.4. The van der Waals surface area contributed by atoms with E-state index in [2.05, 4.69) is 54.0 Å². The van der Waals surface area contributed by atoms with Gasteiger partial charge in [-0.05, 0) is 63.0 Å². The fourth-order valence-electron chi connectivity index (χ4n) is 4.34. The number of nitrogens with one attached hydrogen (secondary N) is 2. The Bertz CT molecular complexity index is 968. The van der Waals surface area contributed by atoms with Crippen LogP contribution in [0, 0.1) is 5.92 Å². The third-order valence-corrected chi connectivity index (χ3v) is 6.49. The molecule has 2 atom stereocenters. The molecule has 2 aliphatic rings. The van der Waals surface area contributed by atoms with E-state index in [-0.39, 0.29) is 6.42 Å². The lowest BCUT2D eigenvalue weighted by molar-refractivity contribution is -0.193. The van der Waals surface area contributed by atoms with Gasteiger partial charge in [-0.1, -0.05) is 48.9 Å². The van der Waals surface area contributed by atoms with Crippen LogP contribution in [0.1, 0.15) is 63.9 Å². The van der Waals surface area contributed by atoms with Crippen molar-refractivity contribution >= 4 is 24.0 Å². The predicted octanol–water partition coefficient (Wildman–Crippen LogP) is 5.49. The van der Waals surface area contributed by atoms with E-state index in [0.29, 0.717) is 24.0 Å². The van der Waals surface area contributed by atoms with Gasteiger partial charge in [0.25, 0.3) is 0 Å². The average molecular weight is 599 g/mol. The lowest BCUT2D eigenvalue weighted by atomic mass is 9.91. The molecule has 1 aromatic rings. The number of rotatable bonds is 10. The Balaban J connectivity index is 0.000000497. The zero-order chi connectivity index (χ0) is 31.2. The van der Waals surface area contributed by atoms with E-state index in [9.17, 15) is 31.1 Å². The Morgan fingerprint density at radius 3 is 1.80 bits per heavy atom. The van der Waals surface area contributed by atoms with E-state index in [4.69, 9.17) is 24.9 Å². The maximum Gasteiger partial charge on any atom is 0.490 e. The molecule has 0 unspecified atom stereocenters. The summed E-state index contributed by atoms with van der Waals surface area (Å²) in [5.41, 5.74) is 2.89. The van der Waals surface area contributed by atoms with Gasteiger partial charge in [0, 0.05) is 24.5 Å². The summed E-state index contributed by atoms with van der Waals surface area (Å²) in [5, 5.41) is 30.4. The van der Waals surface area contributed by atoms with Crippen molar-refractivity contribution < 1.29 is 56.0 Å². The SMILES string of the molecule is CCC(=Cc1ccccc1)[C@@H]1C[C@H]1NC1CCC(NCCCC(=O)O)CC1.O=C(O)C(F)(F)F.O=C(O)C(F)(F)F. The van der Waals surface area contributed by atoms with E-state index in [1.807, 2.05) is 0 Å². The maximum absolute atomic E-state index is 10.6. The van der Waals surface area contributed by atoms with Crippen molar-refractivity contribution in [1.82, 2.24) is 10.6 Å². The zero-order valence-electron chi connectivity index (χ0n) is 22.5. The fourth-order valence-corrected chi connectivity index (χ4v) is 4.34. The zero-order valence-corrected chi connectivity index (χ0v) is 22.5. The van der Waals surface area contributed by atoms with Crippen LogP contribution in [0.15, 0.2) is 35.9 Å². The predicted molar refractivity (Wildman–Crippen MR) is 138 cm³/mol. The molecule has 1 aromatic carbocycles. The van der Waals surface area contributed by atoms with Crippen LogP contribution < -0.4 is 10.6 Å². The standard InChI is InChI=1S/C23H34N2O2.2C2HF3O2/c1-2-18(15-17-7-4-3-5-8-17)21-16-22(21)25-20-12-10-19(11-13-20)24-14-6-9-23(26)27;2*3-2(4,5)1(6)7/h3-5,7-8,15,19-22,24-25H,2,6,9-14,16H2,1H3,(H,26,27);2*(H,6,7)/t19?,20?,21-,22+;;/m0../s1. The minimum Gasteiger partial charge on any atom is -0.481 e. The number of hydrogen-bond donors (Lipinski definition) is 5. The van der Waals surface area contributed by atoms with Crippen molar-refractivity contribution in [3.8, 4) is 0 Å². The van der Waals surface area contributed by atoms with Crippen LogP contribution in [0.4, 0.5) is 26.3 Å². The summed E-state index contributed by atoms with van der Waals surface area (Å²) in [6.07, 6.45) is 0.460. The van der Waals surface area contributed by atoms with Crippen LogP contribution in [-0.2, 0) is 14.4 Å². The number of carbonyl (C=O) groups is 3. The van der Waals surface area contributed by atoms with E-state index in [1.165, 1.54) is 37.7 Å². The molecule has 2 saturated carbocycles. The Kier molecular flexibility index (Phi) is 14.9. The highest BCUT2D eigenvalue weighted by Crippen LogP contribution is 2.40. The molecule has 0 radical (unpaired) electrons. The number of carboxylic acids is 3. The molecule has 41 heavy (non-hydrogen) atoms. The van der Waals surface area contributed by atoms with Crippen LogP contribution >= 0.6 is 0 Å². The van der Waals surface area contributed by atoms with E-state index >= 15 is 0 Å². The fraction of sp³-hybridized carbons (Fsp3) is 0.593. The first kappa shape index (κ1) is 35.9. The first-order valence-corrected chi connectivity index (χ1v) is 13.1. The number of carboxylic acid groups (broad SMARTS) is 3. The van der Waals surface area contributed by atoms with E-state index < -0.39 is 30.3 Å². The normalized spacial score (nSPS) is 22.4. The summed E-state index contributed by atoms with van der Waals surface area (Å²) in [4.78, 5) is 28.4. The molecule has 8 nitrogen and oxygen atoms in total. The summed E-state index contributed by atoms with van der Waals surface area (Å²) in [6, 6.07) is 12.5. The molecule has 3 rings (SSSR count). The summed E-state index contributed by atoms with van der Waals surface area (Å²) in [6.45, 7) is 3.09. The van der Waals surface area contributed by atoms with Crippen LogP contribution in [0.3, 0.4) is 0 Å². The molecule has 2 fully saturated rings. The Morgan fingerprint density at radius 1 is 0.878 bits per heavy atom. The first-order chi connectivity index (χ1) is 19.0. The minimum atomic E-state index is -5.08. The summed E-state index contributed by atoms with van der Waals surface area (Å²) < 4.78 is 63.5. The Hall–Kier alpha value is -3.13. The quantitative estimate of drug-likeness (QED) is 0.176. The van der Waals surface area contributed by atoms with E-state index in [1.54, 1.807) is 5.57 Å². The number of halogens is 6. The van der Waals surface area contributed by atoms with Crippen molar-refractivity contribution in [2.45, 2.75) is 88.8 Å². The molecular formula is C27H36F6N2O6. The Labute approximate surface area is 233 Å². The average Bonchev–Trinajstić information content (AvgIpc) is 3.65. The van der Waals surface area contributed by atoms with Crippen molar-refractivity contribution in [3.05, 3.63) is 41.5 Å². The van der Waals surface area contributed by atoms with Gasteiger partial charge in [0.15, 0.2) is 0 Å². The minimum absolute atomic E-state index is 0.267. The van der Waals surface area contributed by atoms with Crippen LogP contribution in [0.2, 0.25) is 0 Å². The highest BCUT2D eigenvalue weighted by atomic mass is 19.4. The molecule has 232 valence electrons. The number of benzene rings is 1. The highest BCUT2D eigenvalue weighted by Gasteiger charge is 2.41.